The lowest BCUT2D eigenvalue weighted by Crippen LogP contribution is -2.51. The Hall–Kier alpha value is -1.16. The molecule has 0 aromatic heterocycles. The molecule has 2 aliphatic heterocycles. The molecule has 0 amide bonds. The molecule has 5 atom stereocenters. The Balaban J connectivity index is 1.81. The number of aliphatic hydroxyl groups is 1. The molecule has 1 N–H and O–H groups in total. The van der Waals surface area contributed by atoms with E-state index >= 15 is 0 Å². The molecule has 6 nitrogen and oxygen atoms in total. The predicted molar refractivity (Wildman–Crippen MR) is 96.2 cm³/mol. The van der Waals surface area contributed by atoms with Crippen LogP contribution in [0.3, 0.4) is 0 Å². The predicted octanol–water partition coefficient (Wildman–Crippen LogP) is 2.97. The van der Waals surface area contributed by atoms with Crippen LogP contribution in [0.25, 0.3) is 0 Å². The zero-order valence-electron chi connectivity index (χ0n) is 16.5. The summed E-state index contributed by atoms with van der Waals surface area (Å²) in [4.78, 5) is 11.8. The third-order valence-corrected chi connectivity index (χ3v) is 5.29. The van der Waals surface area contributed by atoms with Gasteiger partial charge in [-0.2, -0.15) is 5.26 Å². The fraction of sp³-hybridized carbons (Fsp3) is 0.900. The van der Waals surface area contributed by atoms with E-state index in [0.29, 0.717) is 19.4 Å². The van der Waals surface area contributed by atoms with Gasteiger partial charge in [-0.15, -0.1) is 0 Å². The van der Waals surface area contributed by atoms with Crippen molar-refractivity contribution in [2.24, 2.45) is 11.3 Å². The van der Waals surface area contributed by atoms with E-state index in [1.807, 2.05) is 27.7 Å². The summed E-state index contributed by atoms with van der Waals surface area (Å²) in [5, 5.41) is 19.0. The molecule has 0 aromatic rings. The van der Waals surface area contributed by atoms with Crippen LogP contribution in [-0.4, -0.2) is 48.2 Å². The van der Waals surface area contributed by atoms with Crippen LogP contribution in [0.4, 0.5) is 0 Å². The lowest BCUT2D eigenvalue weighted by atomic mass is 9.85. The van der Waals surface area contributed by atoms with E-state index < -0.39 is 11.0 Å². The number of esters is 1. The second-order valence-electron chi connectivity index (χ2n) is 8.78. The number of hydrogen-bond acceptors (Lipinski definition) is 6. The van der Waals surface area contributed by atoms with E-state index in [4.69, 9.17) is 19.5 Å². The van der Waals surface area contributed by atoms with Crippen molar-refractivity contribution >= 4 is 5.97 Å². The Morgan fingerprint density at radius 1 is 1.38 bits per heavy atom. The number of fused-ring (bicyclic) bond motifs is 1. The Kier molecular flexibility index (Phi) is 7.06. The van der Waals surface area contributed by atoms with Crippen molar-refractivity contribution in [2.45, 2.75) is 90.1 Å². The minimum absolute atomic E-state index is 0.00291. The van der Waals surface area contributed by atoms with Crippen LogP contribution in [0.1, 0.15) is 66.2 Å². The summed E-state index contributed by atoms with van der Waals surface area (Å²) in [6, 6.07) is 2.25. The van der Waals surface area contributed by atoms with Gasteiger partial charge in [0, 0.05) is 12.3 Å². The molecule has 6 heteroatoms. The molecular formula is C20H33NO5. The van der Waals surface area contributed by atoms with E-state index in [1.165, 1.54) is 0 Å². The van der Waals surface area contributed by atoms with Crippen molar-refractivity contribution in [3.8, 4) is 6.07 Å². The minimum Gasteiger partial charge on any atom is -0.465 e. The molecule has 2 rings (SSSR count). The molecule has 2 saturated heterocycles. The maximum atomic E-state index is 11.8. The Labute approximate surface area is 156 Å². The Morgan fingerprint density at radius 3 is 2.73 bits per heavy atom. The van der Waals surface area contributed by atoms with Crippen LogP contribution in [0, 0.1) is 22.7 Å². The fourth-order valence-corrected chi connectivity index (χ4v) is 3.78. The van der Waals surface area contributed by atoms with Crippen LogP contribution >= 0.6 is 0 Å². The number of carbonyl (C=O) groups is 1. The number of nitriles is 1. The SMILES string of the molecule is CC(C#N)CC1CC[C@@H]2OC(CCCOC(=O)C(C)(C)C)CC2(CO)O1. The normalized spacial score (nSPS) is 32.5. The molecule has 0 bridgehead atoms. The van der Waals surface area contributed by atoms with Crippen LogP contribution in [0.5, 0.6) is 0 Å². The van der Waals surface area contributed by atoms with Crippen molar-refractivity contribution in [2.75, 3.05) is 13.2 Å². The third kappa shape index (κ3) is 5.18. The molecule has 0 spiro atoms. The number of rotatable bonds is 7. The minimum atomic E-state index is -0.648. The summed E-state index contributed by atoms with van der Waals surface area (Å²) < 4.78 is 17.7. The van der Waals surface area contributed by atoms with Gasteiger partial charge in [0.15, 0.2) is 0 Å². The standard InChI is InChI=1S/C20H33NO5/c1-14(12-21)10-15-7-8-17-20(13-22,26-15)11-16(25-17)6-5-9-24-18(23)19(2,3)4/h14-17,22H,5-11,13H2,1-4H3/t14?,15?,16?,17-,20?/m0/s1. The lowest BCUT2D eigenvalue weighted by molar-refractivity contribution is -0.185. The number of ether oxygens (including phenoxy) is 3. The molecule has 2 fully saturated rings. The summed E-state index contributed by atoms with van der Waals surface area (Å²) in [7, 11) is 0. The molecular weight excluding hydrogens is 334 g/mol. The second kappa shape index (κ2) is 8.69. The van der Waals surface area contributed by atoms with Crippen LogP contribution < -0.4 is 0 Å². The first-order chi connectivity index (χ1) is 12.2. The van der Waals surface area contributed by atoms with Gasteiger partial charge in [-0.1, -0.05) is 0 Å². The fourth-order valence-electron chi connectivity index (χ4n) is 3.78. The molecule has 0 radical (unpaired) electrons. The number of hydrogen-bond donors (Lipinski definition) is 1. The topological polar surface area (TPSA) is 88.8 Å². The first-order valence-electron chi connectivity index (χ1n) is 9.71. The van der Waals surface area contributed by atoms with Gasteiger partial charge in [0.1, 0.15) is 5.60 Å². The van der Waals surface area contributed by atoms with E-state index in [2.05, 4.69) is 6.07 Å². The zero-order chi connectivity index (χ0) is 19.4. The molecule has 2 aliphatic rings. The Bertz CT molecular complexity index is 523. The highest BCUT2D eigenvalue weighted by atomic mass is 16.6. The van der Waals surface area contributed by atoms with Crippen molar-refractivity contribution in [3.05, 3.63) is 0 Å². The monoisotopic (exact) mass is 367 g/mol. The van der Waals surface area contributed by atoms with Crippen molar-refractivity contribution < 1.29 is 24.1 Å². The molecule has 0 aromatic carbocycles. The van der Waals surface area contributed by atoms with Crippen LogP contribution in [0.15, 0.2) is 0 Å². The first kappa shape index (κ1) is 21.1. The zero-order valence-corrected chi connectivity index (χ0v) is 16.5. The van der Waals surface area contributed by atoms with Crippen molar-refractivity contribution in [1.29, 1.82) is 5.26 Å². The maximum absolute atomic E-state index is 11.8. The number of carbonyl (C=O) groups excluding carboxylic acids is 1. The van der Waals surface area contributed by atoms with E-state index in [1.54, 1.807) is 0 Å². The van der Waals surface area contributed by atoms with Gasteiger partial charge < -0.3 is 19.3 Å². The quantitative estimate of drug-likeness (QED) is 0.550. The van der Waals surface area contributed by atoms with Crippen molar-refractivity contribution in [1.82, 2.24) is 0 Å². The largest absolute Gasteiger partial charge is 0.465 e. The summed E-state index contributed by atoms with van der Waals surface area (Å²) in [6.45, 7) is 7.73. The van der Waals surface area contributed by atoms with Gasteiger partial charge in [-0.3, -0.25) is 4.79 Å². The smallest absolute Gasteiger partial charge is 0.311 e. The van der Waals surface area contributed by atoms with Gasteiger partial charge in [0.05, 0.1) is 43.0 Å². The van der Waals surface area contributed by atoms with Crippen LogP contribution in [-0.2, 0) is 19.0 Å². The average Bonchev–Trinajstić information content (AvgIpc) is 2.95. The van der Waals surface area contributed by atoms with Crippen molar-refractivity contribution in [3.63, 3.8) is 0 Å². The summed E-state index contributed by atoms with van der Waals surface area (Å²) in [5.74, 6) is -0.244. The van der Waals surface area contributed by atoms with Gasteiger partial charge in [-0.05, 0) is 59.8 Å². The van der Waals surface area contributed by atoms with Gasteiger partial charge in [0.2, 0.25) is 0 Å². The molecule has 4 unspecified atom stereocenters. The third-order valence-electron chi connectivity index (χ3n) is 5.29. The molecule has 0 aliphatic carbocycles. The van der Waals surface area contributed by atoms with E-state index in [9.17, 15) is 9.90 Å². The van der Waals surface area contributed by atoms with E-state index in [-0.39, 0.29) is 36.8 Å². The second-order valence-corrected chi connectivity index (χ2v) is 8.78. The van der Waals surface area contributed by atoms with Gasteiger partial charge in [0.25, 0.3) is 0 Å². The molecule has 148 valence electrons. The number of aliphatic hydroxyl groups excluding tert-OH is 1. The highest BCUT2D eigenvalue weighted by Gasteiger charge is 2.52. The lowest BCUT2D eigenvalue weighted by Gasteiger charge is -2.41. The number of nitrogens with zero attached hydrogens (tertiary/aromatic N) is 1. The summed E-state index contributed by atoms with van der Waals surface area (Å²) >= 11 is 0. The highest BCUT2D eigenvalue weighted by Crippen LogP contribution is 2.43. The maximum Gasteiger partial charge on any atom is 0.311 e. The first-order valence-corrected chi connectivity index (χ1v) is 9.71. The van der Waals surface area contributed by atoms with Gasteiger partial charge >= 0.3 is 5.97 Å². The summed E-state index contributed by atoms with van der Waals surface area (Å²) in [6.07, 6.45) is 4.47. The molecule has 26 heavy (non-hydrogen) atoms. The van der Waals surface area contributed by atoms with E-state index in [0.717, 1.165) is 25.7 Å². The van der Waals surface area contributed by atoms with Gasteiger partial charge in [-0.25, -0.2) is 0 Å². The highest BCUT2D eigenvalue weighted by molar-refractivity contribution is 5.75. The Morgan fingerprint density at radius 2 is 2.12 bits per heavy atom. The molecule has 2 heterocycles. The van der Waals surface area contributed by atoms with Crippen LogP contribution in [0.2, 0.25) is 0 Å². The average molecular weight is 367 g/mol. The molecule has 0 saturated carbocycles. The summed E-state index contributed by atoms with van der Waals surface area (Å²) in [5.41, 5.74) is -1.13.